The average molecular weight is 306 g/mol. The maximum absolute atomic E-state index is 5.97. The first-order valence-corrected chi connectivity index (χ1v) is 7.44. The molecule has 0 radical (unpaired) electrons. The zero-order valence-electron chi connectivity index (χ0n) is 11.0. The highest BCUT2D eigenvalue weighted by atomic mass is 35.5. The number of fused-ring (bicyclic) bond motifs is 1. The molecule has 3 aromatic rings. The van der Waals surface area contributed by atoms with E-state index in [1.54, 1.807) is 11.3 Å². The first-order valence-electron chi connectivity index (χ1n) is 6.18. The van der Waals surface area contributed by atoms with Crippen LogP contribution in [0.5, 0.6) is 6.01 Å². The second-order valence-corrected chi connectivity index (χ2v) is 5.78. The average Bonchev–Trinajstić information content (AvgIpc) is 2.84. The van der Waals surface area contributed by atoms with Crippen LogP contribution in [0, 0.1) is 0 Å². The van der Waals surface area contributed by atoms with E-state index in [1.165, 1.54) is 0 Å². The van der Waals surface area contributed by atoms with Gasteiger partial charge in [0.05, 0.1) is 6.10 Å². The van der Waals surface area contributed by atoms with Crippen molar-refractivity contribution in [3.63, 3.8) is 0 Å². The first kappa shape index (κ1) is 13.3. The Kier molecular flexibility index (Phi) is 3.54. The van der Waals surface area contributed by atoms with Crippen LogP contribution in [0.2, 0.25) is 5.28 Å². The minimum atomic E-state index is -0.0150. The van der Waals surface area contributed by atoms with Crippen LogP contribution in [0.25, 0.3) is 21.5 Å². The highest BCUT2D eigenvalue weighted by Gasteiger charge is 2.12. The topological polar surface area (TPSA) is 47.9 Å². The number of rotatable bonds is 3. The largest absolute Gasteiger partial charge is 0.461 e. The molecule has 3 rings (SSSR count). The molecule has 6 heteroatoms. The van der Waals surface area contributed by atoms with E-state index in [0.717, 1.165) is 15.6 Å². The van der Waals surface area contributed by atoms with Gasteiger partial charge in [-0.15, -0.1) is 11.3 Å². The number of aromatic nitrogens is 3. The molecule has 0 spiro atoms. The fraction of sp³-hybridized carbons (Fsp3) is 0.214. The molecule has 0 fully saturated rings. The van der Waals surface area contributed by atoms with Crippen molar-refractivity contribution in [3.8, 4) is 17.4 Å². The maximum Gasteiger partial charge on any atom is 0.321 e. The van der Waals surface area contributed by atoms with Crippen molar-refractivity contribution in [3.05, 3.63) is 34.9 Å². The van der Waals surface area contributed by atoms with Crippen LogP contribution >= 0.6 is 22.9 Å². The minimum absolute atomic E-state index is 0.0150. The predicted molar refractivity (Wildman–Crippen MR) is 81.4 cm³/mol. The lowest BCUT2D eigenvalue weighted by molar-refractivity contribution is 0.222. The third kappa shape index (κ3) is 2.59. The molecule has 0 saturated heterocycles. The van der Waals surface area contributed by atoms with E-state index < -0.39 is 0 Å². The van der Waals surface area contributed by atoms with Gasteiger partial charge in [0.25, 0.3) is 0 Å². The van der Waals surface area contributed by atoms with Gasteiger partial charge >= 0.3 is 6.01 Å². The molecule has 0 saturated carbocycles. The van der Waals surface area contributed by atoms with Crippen molar-refractivity contribution in [2.75, 3.05) is 0 Å². The summed E-state index contributed by atoms with van der Waals surface area (Å²) >= 11 is 7.62. The maximum atomic E-state index is 5.97. The summed E-state index contributed by atoms with van der Waals surface area (Å²) in [4.78, 5) is 12.6. The lowest BCUT2D eigenvalue weighted by Gasteiger charge is -2.09. The molecular weight excluding hydrogens is 294 g/mol. The molecule has 2 heterocycles. The molecule has 0 N–H and O–H groups in total. The van der Waals surface area contributed by atoms with Crippen molar-refractivity contribution in [2.45, 2.75) is 20.0 Å². The molecule has 4 nitrogen and oxygen atoms in total. The van der Waals surface area contributed by atoms with Crippen molar-refractivity contribution in [1.82, 2.24) is 15.0 Å². The number of thiophene rings is 1. The van der Waals surface area contributed by atoms with E-state index in [-0.39, 0.29) is 17.4 Å². The molecular formula is C14H12ClN3OS. The van der Waals surface area contributed by atoms with Crippen molar-refractivity contribution >= 4 is 33.0 Å². The van der Waals surface area contributed by atoms with Crippen molar-refractivity contribution in [2.24, 2.45) is 0 Å². The van der Waals surface area contributed by atoms with E-state index in [9.17, 15) is 0 Å². The Bertz CT molecular complexity index is 757. The Labute approximate surface area is 125 Å². The number of hydrogen-bond acceptors (Lipinski definition) is 5. The Hall–Kier alpha value is -1.72. The minimum Gasteiger partial charge on any atom is -0.461 e. The number of hydrogen-bond donors (Lipinski definition) is 0. The normalized spacial score (nSPS) is 11.2. The predicted octanol–water partition coefficient (Wildman–Crippen LogP) is 4.19. The summed E-state index contributed by atoms with van der Waals surface area (Å²) in [6, 6.07) is 8.33. The Morgan fingerprint density at radius 3 is 2.80 bits per heavy atom. The highest BCUT2D eigenvalue weighted by Crippen LogP contribution is 2.31. The van der Waals surface area contributed by atoms with E-state index in [4.69, 9.17) is 16.3 Å². The summed E-state index contributed by atoms with van der Waals surface area (Å²) < 4.78 is 6.64. The van der Waals surface area contributed by atoms with Gasteiger partial charge in [-0.3, -0.25) is 0 Å². The molecule has 0 unspecified atom stereocenters. The number of halogens is 1. The van der Waals surface area contributed by atoms with Crippen LogP contribution < -0.4 is 4.74 Å². The van der Waals surface area contributed by atoms with Crippen LogP contribution in [-0.2, 0) is 0 Å². The van der Waals surface area contributed by atoms with Crippen molar-refractivity contribution in [1.29, 1.82) is 0 Å². The van der Waals surface area contributed by atoms with E-state index in [1.807, 2.05) is 31.4 Å². The molecule has 0 aliphatic heterocycles. The molecule has 20 heavy (non-hydrogen) atoms. The molecule has 102 valence electrons. The second-order valence-electron chi connectivity index (χ2n) is 4.52. The van der Waals surface area contributed by atoms with Gasteiger partial charge in [-0.1, -0.05) is 12.1 Å². The second kappa shape index (κ2) is 5.34. The quantitative estimate of drug-likeness (QED) is 0.728. The van der Waals surface area contributed by atoms with Gasteiger partial charge in [0.2, 0.25) is 5.28 Å². The highest BCUT2D eigenvalue weighted by molar-refractivity contribution is 7.17. The molecule has 0 aliphatic carbocycles. The summed E-state index contributed by atoms with van der Waals surface area (Å²) in [6.07, 6.45) is -0.0150. The summed E-state index contributed by atoms with van der Waals surface area (Å²) in [7, 11) is 0. The number of ether oxygens (including phenoxy) is 1. The first-order chi connectivity index (χ1) is 9.63. The SMILES string of the molecule is CC(C)Oc1nc(Cl)nc(-c2cccc3ccsc23)n1. The van der Waals surface area contributed by atoms with E-state index >= 15 is 0 Å². The van der Waals surface area contributed by atoms with Gasteiger partial charge in [0.15, 0.2) is 5.82 Å². The molecule has 0 atom stereocenters. The Morgan fingerprint density at radius 1 is 1.15 bits per heavy atom. The fourth-order valence-corrected chi connectivity index (χ4v) is 2.95. The van der Waals surface area contributed by atoms with Crippen LogP contribution in [-0.4, -0.2) is 21.1 Å². The number of benzene rings is 1. The summed E-state index contributed by atoms with van der Waals surface area (Å²) in [5, 5.41) is 3.34. The van der Waals surface area contributed by atoms with Gasteiger partial charge in [-0.25, -0.2) is 0 Å². The lowest BCUT2D eigenvalue weighted by Crippen LogP contribution is -2.09. The van der Waals surface area contributed by atoms with Crippen LogP contribution in [0.1, 0.15) is 13.8 Å². The Morgan fingerprint density at radius 2 is 2.00 bits per heavy atom. The molecule has 0 bridgehead atoms. The van der Waals surface area contributed by atoms with Gasteiger partial charge in [-0.05, 0) is 48.3 Å². The lowest BCUT2D eigenvalue weighted by atomic mass is 10.1. The third-order valence-corrected chi connectivity index (χ3v) is 3.78. The molecule has 1 aromatic carbocycles. The molecule has 2 aromatic heterocycles. The van der Waals surface area contributed by atoms with Gasteiger partial charge in [-0.2, -0.15) is 15.0 Å². The molecule has 0 aliphatic rings. The van der Waals surface area contributed by atoms with Gasteiger partial charge in [0, 0.05) is 10.3 Å². The standard InChI is InChI=1S/C14H12ClN3OS/c1-8(2)19-14-17-12(16-13(15)18-14)10-5-3-4-9-6-7-20-11(9)10/h3-8H,1-2H3. The van der Waals surface area contributed by atoms with Crippen LogP contribution in [0.4, 0.5) is 0 Å². The monoisotopic (exact) mass is 305 g/mol. The van der Waals surface area contributed by atoms with Crippen molar-refractivity contribution < 1.29 is 4.74 Å². The number of nitrogens with zero attached hydrogens (tertiary/aromatic N) is 3. The third-order valence-electron chi connectivity index (χ3n) is 2.65. The van der Waals surface area contributed by atoms with E-state index in [0.29, 0.717) is 5.82 Å². The zero-order valence-corrected chi connectivity index (χ0v) is 12.6. The zero-order chi connectivity index (χ0) is 14.1. The summed E-state index contributed by atoms with van der Waals surface area (Å²) in [5.74, 6) is 0.536. The smallest absolute Gasteiger partial charge is 0.321 e. The van der Waals surface area contributed by atoms with Gasteiger partial charge < -0.3 is 4.74 Å². The van der Waals surface area contributed by atoms with Gasteiger partial charge in [0.1, 0.15) is 0 Å². The Balaban J connectivity index is 2.14. The van der Waals surface area contributed by atoms with Crippen LogP contribution in [0.3, 0.4) is 0 Å². The fourth-order valence-electron chi connectivity index (χ4n) is 1.88. The van der Waals surface area contributed by atoms with E-state index in [2.05, 4.69) is 27.1 Å². The molecule has 0 amide bonds. The van der Waals surface area contributed by atoms with Crippen LogP contribution in [0.15, 0.2) is 29.6 Å². The summed E-state index contributed by atoms with van der Waals surface area (Å²) in [6.45, 7) is 3.83. The summed E-state index contributed by atoms with van der Waals surface area (Å²) in [5.41, 5.74) is 0.940.